The second-order valence-corrected chi connectivity index (χ2v) is 7.46. The van der Waals surface area contributed by atoms with E-state index in [-0.39, 0.29) is 24.3 Å². The van der Waals surface area contributed by atoms with E-state index in [1.807, 2.05) is 42.5 Å². The Morgan fingerprint density at radius 2 is 1.72 bits per heavy atom. The molecule has 0 bridgehead atoms. The molecule has 0 fully saturated rings. The Labute approximate surface area is 180 Å². The van der Waals surface area contributed by atoms with Crippen LogP contribution in [-0.4, -0.2) is 18.7 Å². The summed E-state index contributed by atoms with van der Waals surface area (Å²) in [5.41, 5.74) is 0.531. The molecule has 0 N–H and O–H groups in total. The van der Waals surface area contributed by atoms with Gasteiger partial charge in [0, 0.05) is 18.5 Å². The molecule has 8 heteroatoms. The molecule has 0 aliphatic heterocycles. The first-order valence-electron chi connectivity index (χ1n) is 10.1. The lowest BCUT2D eigenvalue weighted by Crippen LogP contribution is -2.39. The van der Waals surface area contributed by atoms with Gasteiger partial charge >= 0.3 is 5.69 Å². The Bertz CT molecular complexity index is 1610. The molecule has 0 aliphatic rings. The van der Waals surface area contributed by atoms with Crippen molar-refractivity contribution in [3.8, 4) is 5.69 Å². The highest BCUT2D eigenvalue weighted by atomic mass is 19.2. The van der Waals surface area contributed by atoms with Gasteiger partial charge in [0.2, 0.25) is 0 Å². The van der Waals surface area contributed by atoms with Gasteiger partial charge in [-0.05, 0) is 36.1 Å². The molecular weight excluding hydrogens is 414 g/mol. The summed E-state index contributed by atoms with van der Waals surface area (Å²) in [4.78, 5) is 30.9. The Balaban J connectivity index is 1.80. The summed E-state index contributed by atoms with van der Waals surface area (Å²) in [7, 11) is 0. The van der Waals surface area contributed by atoms with Crippen molar-refractivity contribution in [1.29, 1.82) is 0 Å². The van der Waals surface area contributed by atoms with E-state index >= 15 is 0 Å². The van der Waals surface area contributed by atoms with Gasteiger partial charge in [0.25, 0.3) is 5.56 Å². The number of rotatable bonds is 4. The Morgan fingerprint density at radius 3 is 2.50 bits per heavy atom. The van der Waals surface area contributed by atoms with Gasteiger partial charge in [-0.25, -0.2) is 23.1 Å². The van der Waals surface area contributed by atoms with Gasteiger partial charge < -0.3 is 4.57 Å². The zero-order valence-electron chi connectivity index (χ0n) is 17.1. The summed E-state index contributed by atoms with van der Waals surface area (Å²) in [5.74, 6) is -1.91. The minimum Gasteiger partial charge on any atom is -0.320 e. The first-order chi connectivity index (χ1) is 15.5. The smallest absolute Gasteiger partial charge is 0.320 e. The number of aromatic nitrogens is 4. The lowest BCUT2D eigenvalue weighted by molar-refractivity contribution is 0.506. The molecule has 0 saturated heterocycles. The molecule has 160 valence electrons. The van der Waals surface area contributed by atoms with Crippen molar-refractivity contribution in [2.45, 2.75) is 20.0 Å². The van der Waals surface area contributed by atoms with Crippen LogP contribution in [0.25, 0.3) is 27.6 Å². The fraction of sp³-hybridized carbons (Fsp3) is 0.125. The molecule has 0 unspecified atom stereocenters. The summed E-state index contributed by atoms with van der Waals surface area (Å²) in [6.07, 6.45) is 1.44. The van der Waals surface area contributed by atoms with E-state index in [0.717, 1.165) is 27.5 Å². The minimum atomic E-state index is -0.967. The Hall–Kier alpha value is -4.07. The van der Waals surface area contributed by atoms with Crippen LogP contribution >= 0.6 is 0 Å². The number of imidazole rings is 1. The van der Waals surface area contributed by atoms with Crippen molar-refractivity contribution in [2.24, 2.45) is 0 Å². The monoisotopic (exact) mass is 432 g/mol. The number of fused-ring (bicyclic) bond motifs is 2. The molecule has 0 atom stereocenters. The van der Waals surface area contributed by atoms with Crippen molar-refractivity contribution in [2.75, 3.05) is 0 Å². The molecule has 0 radical (unpaired) electrons. The SMILES string of the molecule is CCn1c(=O)c2c(ncn2Cc2ccc(F)c(F)c2)n(-c2cccc3ccccc23)c1=O. The van der Waals surface area contributed by atoms with E-state index < -0.39 is 22.9 Å². The highest BCUT2D eigenvalue weighted by Crippen LogP contribution is 2.23. The van der Waals surface area contributed by atoms with Gasteiger partial charge in [-0.15, -0.1) is 0 Å². The number of halogens is 2. The van der Waals surface area contributed by atoms with E-state index in [1.165, 1.54) is 17.0 Å². The Kier molecular flexibility index (Phi) is 4.70. The average Bonchev–Trinajstić information content (AvgIpc) is 3.20. The summed E-state index contributed by atoms with van der Waals surface area (Å²) in [6.45, 7) is 1.99. The highest BCUT2D eigenvalue weighted by molar-refractivity contribution is 5.91. The highest BCUT2D eigenvalue weighted by Gasteiger charge is 2.20. The number of hydrogen-bond acceptors (Lipinski definition) is 3. The average molecular weight is 432 g/mol. The third-order valence-electron chi connectivity index (χ3n) is 5.56. The summed E-state index contributed by atoms with van der Waals surface area (Å²) >= 11 is 0. The Morgan fingerprint density at radius 1 is 0.938 bits per heavy atom. The van der Waals surface area contributed by atoms with Crippen LogP contribution in [0.3, 0.4) is 0 Å². The fourth-order valence-electron chi connectivity index (χ4n) is 4.03. The van der Waals surface area contributed by atoms with Crippen LogP contribution in [0.5, 0.6) is 0 Å². The van der Waals surface area contributed by atoms with Crippen LogP contribution in [-0.2, 0) is 13.1 Å². The largest absolute Gasteiger partial charge is 0.337 e. The molecule has 5 aromatic rings. The van der Waals surface area contributed by atoms with Crippen LogP contribution in [0.1, 0.15) is 12.5 Å². The van der Waals surface area contributed by atoms with E-state index in [2.05, 4.69) is 4.98 Å². The summed E-state index contributed by atoms with van der Waals surface area (Å²) in [6, 6.07) is 16.8. The van der Waals surface area contributed by atoms with Crippen LogP contribution in [0.15, 0.2) is 76.6 Å². The fourth-order valence-corrected chi connectivity index (χ4v) is 4.03. The van der Waals surface area contributed by atoms with Crippen LogP contribution in [0.2, 0.25) is 0 Å². The molecule has 5 rings (SSSR count). The van der Waals surface area contributed by atoms with E-state index in [0.29, 0.717) is 11.3 Å². The topological polar surface area (TPSA) is 61.8 Å². The van der Waals surface area contributed by atoms with Gasteiger partial charge in [0.05, 0.1) is 12.0 Å². The molecule has 0 amide bonds. The third kappa shape index (κ3) is 3.03. The first kappa shape index (κ1) is 19.9. The van der Waals surface area contributed by atoms with Gasteiger partial charge in [-0.3, -0.25) is 9.36 Å². The summed E-state index contributed by atoms with van der Waals surface area (Å²) < 4.78 is 31.2. The maximum Gasteiger partial charge on any atom is 0.337 e. The van der Waals surface area contributed by atoms with Gasteiger partial charge in [-0.2, -0.15) is 0 Å². The molecule has 0 saturated carbocycles. The molecule has 0 aliphatic carbocycles. The number of benzene rings is 3. The predicted octanol–water partition coefficient (Wildman–Crippen LogP) is 3.85. The van der Waals surface area contributed by atoms with Crippen LogP contribution in [0.4, 0.5) is 8.78 Å². The molecular formula is C24H18F2N4O2. The molecule has 2 heterocycles. The standard InChI is InChI=1S/C24H18F2N4O2/c1-2-29-23(31)21-22(27-14-28(21)13-15-10-11-18(25)19(26)12-15)30(24(29)32)20-9-5-7-16-6-3-4-8-17(16)20/h3-12,14H,2,13H2,1H3. The maximum absolute atomic E-state index is 13.7. The van der Waals surface area contributed by atoms with Gasteiger partial charge in [0.15, 0.2) is 22.8 Å². The lowest BCUT2D eigenvalue weighted by Gasteiger charge is -2.13. The zero-order chi connectivity index (χ0) is 22.4. The molecule has 3 aromatic carbocycles. The number of nitrogens with zero attached hydrogens (tertiary/aromatic N) is 4. The van der Waals surface area contributed by atoms with Crippen molar-refractivity contribution in [3.05, 3.63) is 105 Å². The van der Waals surface area contributed by atoms with Gasteiger partial charge in [-0.1, -0.05) is 42.5 Å². The summed E-state index contributed by atoms with van der Waals surface area (Å²) in [5, 5.41) is 1.79. The van der Waals surface area contributed by atoms with Crippen molar-refractivity contribution >= 4 is 21.9 Å². The second kappa shape index (κ2) is 7.56. The lowest BCUT2D eigenvalue weighted by atomic mass is 10.1. The van der Waals surface area contributed by atoms with E-state index in [9.17, 15) is 18.4 Å². The van der Waals surface area contributed by atoms with Crippen molar-refractivity contribution < 1.29 is 8.78 Å². The molecule has 32 heavy (non-hydrogen) atoms. The van der Waals surface area contributed by atoms with E-state index in [1.54, 1.807) is 11.5 Å². The maximum atomic E-state index is 13.7. The number of hydrogen-bond donors (Lipinski definition) is 0. The first-order valence-corrected chi connectivity index (χ1v) is 10.1. The van der Waals surface area contributed by atoms with Gasteiger partial charge in [0.1, 0.15) is 0 Å². The second-order valence-electron chi connectivity index (χ2n) is 7.46. The third-order valence-corrected chi connectivity index (χ3v) is 5.56. The van der Waals surface area contributed by atoms with Crippen LogP contribution in [0, 0.1) is 11.6 Å². The molecule has 2 aromatic heterocycles. The normalized spacial score (nSPS) is 11.5. The molecule has 0 spiro atoms. The van der Waals surface area contributed by atoms with Crippen LogP contribution < -0.4 is 11.2 Å². The quantitative estimate of drug-likeness (QED) is 0.434. The van der Waals surface area contributed by atoms with Crippen molar-refractivity contribution in [1.82, 2.24) is 18.7 Å². The van der Waals surface area contributed by atoms with Crippen molar-refractivity contribution in [3.63, 3.8) is 0 Å². The van der Waals surface area contributed by atoms with E-state index in [4.69, 9.17) is 0 Å². The zero-order valence-corrected chi connectivity index (χ0v) is 17.1. The minimum absolute atomic E-state index is 0.0976. The molecule has 6 nitrogen and oxygen atoms in total. The predicted molar refractivity (Wildman–Crippen MR) is 118 cm³/mol.